The van der Waals surface area contributed by atoms with Gasteiger partial charge in [-0.1, -0.05) is 13.8 Å². The van der Waals surface area contributed by atoms with Crippen molar-refractivity contribution in [1.29, 1.82) is 0 Å². The van der Waals surface area contributed by atoms with Crippen molar-refractivity contribution in [2.75, 3.05) is 11.9 Å². The third kappa shape index (κ3) is 4.34. The number of nitro benzene ring substituents is 1. The van der Waals surface area contributed by atoms with Crippen LogP contribution in [0.4, 0.5) is 11.4 Å². The van der Waals surface area contributed by atoms with Gasteiger partial charge in [-0.05, 0) is 19.8 Å². The molecule has 1 unspecified atom stereocenters. The number of ether oxygens (including phenoxy) is 1. The molecule has 1 aromatic rings. The molecule has 0 aliphatic carbocycles. The zero-order valence-corrected chi connectivity index (χ0v) is 12.4. The first-order valence-electron chi connectivity index (χ1n) is 6.76. The smallest absolute Gasteiger partial charge is 0.329 e. The second-order valence-electron chi connectivity index (χ2n) is 4.94. The molecule has 0 radical (unpaired) electrons. The number of nitrogens with one attached hydrogen (secondary N) is 1. The van der Waals surface area contributed by atoms with Gasteiger partial charge in [0.1, 0.15) is 11.3 Å². The summed E-state index contributed by atoms with van der Waals surface area (Å²) in [6, 6.07) is 4.19. The Kier molecular flexibility index (Phi) is 5.52. The monoisotopic (exact) mass is 296 g/mol. The van der Waals surface area contributed by atoms with Gasteiger partial charge >= 0.3 is 5.97 Å². The van der Waals surface area contributed by atoms with Crippen LogP contribution in [0.5, 0.6) is 5.75 Å². The van der Waals surface area contributed by atoms with E-state index >= 15 is 0 Å². The molecule has 0 amide bonds. The SMILES string of the molecule is CCCOc1cc(NC(C)(CC)C(=O)O)cc([N+](=O)[O-])c1. The van der Waals surface area contributed by atoms with E-state index in [-0.39, 0.29) is 5.69 Å². The number of anilines is 1. The molecule has 0 aromatic heterocycles. The summed E-state index contributed by atoms with van der Waals surface area (Å²) < 4.78 is 5.40. The number of nitrogens with zero attached hydrogens (tertiary/aromatic N) is 1. The number of nitro groups is 1. The molecule has 0 aliphatic heterocycles. The summed E-state index contributed by atoms with van der Waals surface area (Å²) in [6.07, 6.45) is 1.10. The number of carbonyl (C=O) groups is 1. The van der Waals surface area contributed by atoms with Crippen molar-refractivity contribution in [2.24, 2.45) is 0 Å². The van der Waals surface area contributed by atoms with Crippen LogP contribution in [0.2, 0.25) is 0 Å². The number of hydrogen-bond acceptors (Lipinski definition) is 5. The minimum absolute atomic E-state index is 0.144. The van der Waals surface area contributed by atoms with E-state index < -0.39 is 16.4 Å². The normalized spacial score (nSPS) is 13.3. The van der Waals surface area contributed by atoms with Crippen molar-refractivity contribution in [3.63, 3.8) is 0 Å². The van der Waals surface area contributed by atoms with E-state index in [0.717, 1.165) is 6.42 Å². The molecule has 0 bridgehead atoms. The predicted molar refractivity (Wildman–Crippen MR) is 78.8 cm³/mol. The first kappa shape index (κ1) is 16.7. The Morgan fingerprint density at radius 2 is 2.10 bits per heavy atom. The summed E-state index contributed by atoms with van der Waals surface area (Å²) in [5.41, 5.74) is -0.992. The quantitative estimate of drug-likeness (QED) is 0.564. The fourth-order valence-corrected chi connectivity index (χ4v) is 1.68. The molecule has 116 valence electrons. The molecule has 0 fully saturated rings. The van der Waals surface area contributed by atoms with Crippen LogP contribution in [0.15, 0.2) is 18.2 Å². The molecule has 1 aromatic carbocycles. The van der Waals surface area contributed by atoms with Gasteiger partial charge in [0.25, 0.3) is 5.69 Å². The first-order valence-corrected chi connectivity index (χ1v) is 6.76. The summed E-state index contributed by atoms with van der Waals surface area (Å²) in [6.45, 7) is 5.62. The van der Waals surface area contributed by atoms with E-state index in [1.54, 1.807) is 13.0 Å². The summed E-state index contributed by atoms with van der Waals surface area (Å²) in [5.74, 6) is -0.676. The zero-order chi connectivity index (χ0) is 16.0. The largest absolute Gasteiger partial charge is 0.493 e. The number of non-ortho nitro benzene ring substituents is 1. The van der Waals surface area contributed by atoms with E-state index in [1.807, 2.05) is 6.92 Å². The fourth-order valence-electron chi connectivity index (χ4n) is 1.68. The second-order valence-corrected chi connectivity index (χ2v) is 4.94. The van der Waals surface area contributed by atoms with E-state index in [1.165, 1.54) is 19.1 Å². The molecule has 0 heterocycles. The molecule has 0 aliphatic rings. The predicted octanol–water partition coefficient (Wildman–Crippen LogP) is 3.05. The molecule has 1 atom stereocenters. The Morgan fingerprint density at radius 3 is 2.57 bits per heavy atom. The highest BCUT2D eigenvalue weighted by atomic mass is 16.6. The van der Waals surface area contributed by atoms with E-state index in [4.69, 9.17) is 4.74 Å². The van der Waals surface area contributed by atoms with Gasteiger partial charge in [0.05, 0.1) is 17.6 Å². The third-order valence-corrected chi connectivity index (χ3v) is 3.17. The number of carboxylic acids is 1. The summed E-state index contributed by atoms with van der Waals surface area (Å²) in [7, 11) is 0. The van der Waals surface area contributed by atoms with E-state index in [9.17, 15) is 20.0 Å². The highest BCUT2D eigenvalue weighted by Crippen LogP contribution is 2.29. The molecule has 0 saturated heterocycles. The maximum atomic E-state index is 11.3. The molecule has 0 spiro atoms. The third-order valence-electron chi connectivity index (χ3n) is 3.17. The van der Waals surface area contributed by atoms with Crippen LogP contribution >= 0.6 is 0 Å². The van der Waals surface area contributed by atoms with Gasteiger partial charge < -0.3 is 15.2 Å². The Balaban J connectivity index is 3.13. The molecular formula is C14H20N2O5. The van der Waals surface area contributed by atoms with Gasteiger partial charge in [0, 0.05) is 17.8 Å². The van der Waals surface area contributed by atoms with Crippen LogP contribution in [0, 0.1) is 10.1 Å². The lowest BCUT2D eigenvalue weighted by Crippen LogP contribution is -2.42. The Bertz CT molecular complexity index is 532. The summed E-state index contributed by atoms with van der Waals surface area (Å²) in [5, 5.41) is 23.0. The van der Waals surface area contributed by atoms with Crippen LogP contribution in [0.1, 0.15) is 33.6 Å². The maximum Gasteiger partial charge on any atom is 0.329 e. The van der Waals surface area contributed by atoms with Gasteiger partial charge in [0.15, 0.2) is 0 Å². The first-order chi connectivity index (χ1) is 9.82. The number of rotatable bonds is 8. The van der Waals surface area contributed by atoms with Crippen molar-refractivity contribution in [3.8, 4) is 5.75 Å². The average Bonchev–Trinajstić information content (AvgIpc) is 2.44. The number of carboxylic acid groups (broad SMARTS) is 1. The standard InChI is InChI=1S/C14H20N2O5/c1-4-6-21-12-8-10(7-11(9-12)16(19)20)15-14(3,5-2)13(17)18/h7-9,15H,4-6H2,1-3H3,(H,17,18). The van der Waals surface area contributed by atoms with E-state index in [2.05, 4.69) is 5.32 Å². The van der Waals surface area contributed by atoms with Gasteiger partial charge in [-0.25, -0.2) is 4.79 Å². The van der Waals surface area contributed by atoms with Crippen molar-refractivity contribution in [2.45, 2.75) is 39.2 Å². The molecule has 0 saturated carbocycles. The van der Waals surface area contributed by atoms with Crippen LogP contribution in [0.3, 0.4) is 0 Å². The highest BCUT2D eigenvalue weighted by molar-refractivity contribution is 5.82. The second kappa shape index (κ2) is 6.92. The molecule has 7 nitrogen and oxygen atoms in total. The number of hydrogen-bond donors (Lipinski definition) is 2. The maximum absolute atomic E-state index is 11.3. The van der Waals surface area contributed by atoms with Crippen molar-refractivity contribution in [1.82, 2.24) is 0 Å². The van der Waals surface area contributed by atoms with Crippen LogP contribution in [-0.2, 0) is 4.79 Å². The summed E-state index contributed by atoms with van der Waals surface area (Å²) >= 11 is 0. The number of benzene rings is 1. The lowest BCUT2D eigenvalue weighted by molar-refractivity contribution is -0.384. The van der Waals surface area contributed by atoms with Crippen molar-refractivity contribution in [3.05, 3.63) is 28.3 Å². The van der Waals surface area contributed by atoms with Crippen molar-refractivity contribution < 1.29 is 19.6 Å². The van der Waals surface area contributed by atoms with Crippen LogP contribution in [-0.4, -0.2) is 28.1 Å². The van der Waals surface area contributed by atoms with Gasteiger partial charge in [-0.15, -0.1) is 0 Å². The van der Waals surface area contributed by atoms with Gasteiger partial charge in [-0.3, -0.25) is 10.1 Å². The van der Waals surface area contributed by atoms with Gasteiger partial charge in [-0.2, -0.15) is 0 Å². The molecule has 2 N–H and O–H groups in total. The highest BCUT2D eigenvalue weighted by Gasteiger charge is 2.31. The Hall–Kier alpha value is -2.31. The Labute approximate surface area is 123 Å². The molecule has 7 heteroatoms. The average molecular weight is 296 g/mol. The van der Waals surface area contributed by atoms with E-state index in [0.29, 0.717) is 24.5 Å². The fraction of sp³-hybridized carbons (Fsp3) is 0.500. The molecule has 21 heavy (non-hydrogen) atoms. The molecule has 1 rings (SSSR count). The van der Waals surface area contributed by atoms with Crippen LogP contribution in [0.25, 0.3) is 0 Å². The lowest BCUT2D eigenvalue weighted by Gasteiger charge is -2.26. The zero-order valence-electron chi connectivity index (χ0n) is 12.4. The topological polar surface area (TPSA) is 102 Å². The van der Waals surface area contributed by atoms with Crippen molar-refractivity contribution >= 4 is 17.3 Å². The summed E-state index contributed by atoms with van der Waals surface area (Å²) in [4.78, 5) is 21.7. The minimum Gasteiger partial charge on any atom is -0.493 e. The minimum atomic E-state index is -1.20. The van der Waals surface area contributed by atoms with Gasteiger partial charge in [0.2, 0.25) is 0 Å². The molecular weight excluding hydrogens is 276 g/mol. The lowest BCUT2D eigenvalue weighted by atomic mass is 9.98. The van der Waals surface area contributed by atoms with Crippen LogP contribution < -0.4 is 10.1 Å². The number of aliphatic carboxylic acids is 1. The Morgan fingerprint density at radius 1 is 1.43 bits per heavy atom.